The second-order valence-corrected chi connectivity index (χ2v) is 4.65. The highest BCUT2D eigenvalue weighted by molar-refractivity contribution is 5.32. The number of benzene rings is 2. The molecule has 0 amide bonds. The third kappa shape index (κ3) is 3.73. The van der Waals surface area contributed by atoms with Gasteiger partial charge in [-0.2, -0.15) is 0 Å². The molecule has 0 aromatic heterocycles. The average molecular weight is 274 g/mol. The number of hydrogen-bond acceptors (Lipinski definition) is 3. The second-order valence-electron chi connectivity index (χ2n) is 4.65. The summed E-state index contributed by atoms with van der Waals surface area (Å²) in [6.07, 6.45) is -0.600. The highest BCUT2D eigenvalue weighted by Crippen LogP contribution is 2.17. The van der Waals surface area contributed by atoms with Crippen LogP contribution in [0.1, 0.15) is 17.2 Å². The van der Waals surface area contributed by atoms with Crippen LogP contribution in [-0.4, -0.2) is 23.9 Å². The smallest absolute Gasteiger partial charge is 0.128 e. The van der Waals surface area contributed by atoms with E-state index in [9.17, 15) is 10.2 Å². The summed E-state index contributed by atoms with van der Waals surface area (Å²) in [6.45, 7) is 1.27. The normalized spacial score (nSPS) is 12.1. The predicted octanol–water partition coefficient (Wildman–Crippen LogP) is 1.20. The number of phenols is 1. The molecule has 2 aromatic rings. The summed E-state index contributed by atoms with van der Waals surface area (Å²) in [5.74, 6) is 1.03. The van der Waals surface area contributed by atoms with Crippen LogP contribution in [0.4, 0.5) is 0 Å². The Hall–Kier alpha value is -2.04. The Kier molecular flexibility index (Phi) is 4.98. The average Bonchev–Trinajstić information content (AvgIpc) is 2.47. The first-order valence-corrected chi connectivity index (χ1v) is 6.61. The Morgan fingerprint density at radius 1 is 1.15 bits per heavy atom. The van der Waals surface area contributed by atoms with Crippen molar-refractivity contribution >= 4 is 0 Å². The standard InChI is InChI=1S/C16H19NO3/c1-20-16-8-3-2-5-13(16)10-17-11-15(19)12-6-4-7-14(18)9-12/h2-9,15,17-19H,10-11H2,1H3/p+1/t15-/m0/s1. The maximum atomic E-state index is 10.1. The molecule has 2 aromatic carbocycles. The molecule has 0 unspecified atom stereocenters. The van der Waals surface area contributed by atoms with Gasteiger partial charge in [0, 0.05) is 5.56 Å². The van der Waals surface area contributed by atoms with Gasteiger partial charge in [-0.25, -0.2) is 0 Å². The van der Waals surface area contributed by atoms with Gasteiger partial charge in [-0.15, -0.1) is 0 Å². The molecule has 0 fully saturated rings. The summed E-state index contributed by atoms with van der Waals surface area (Å²) >= 11 is 0. The first-order valence-electron chi connectivity index (χ1n) is 6.61. The number of nitrogens with two attached hydrogens (primary N) is 1. The lowest BCUT2D eigenvalue weighted by Gasteiger charge is -2.11. The highest BCUT2D eigenvalue weighted by Gasteiger charge is 2.11. The predicted molar refractivity (Wildman–Crippen MR) is 76.6 cm³/mol. The largest absolute Gasteiger partial charge is 0.508 e. The fourth-order valence-electron chi connectivity index (χ4n) is 2.14. The SMILES string of the molecule is COc1ccccc1C[NH2+]C[C@H](O)c1cccc(O)c1. The van der Waals surface area contributed by atoms with Gasteiger partial charge in [0.2, 0.25) is 0 Å². The minimum Gasteiger partial charge on any atom is -0.508 e. The summed E-state index contributed by atoms with van der Waals surface area (Å²) in [4.78, 5) is 0. The summed E-state index contributed by atoms with van der Waals surface area (Å²) in [6, 6.07) is 14.6. The number of quaternary nitrogens is 1. The van der Waals surface area contributed by atoms with Crippen LogP contribution in [-0.2, 0) is 6.54 Å². The molecule has 106 valence electrons. The zero-order valence-electron chi connectivity index (χ0n) is 11.5. The van der Waals surface area contributed by atoms with Gasteiger partial charge in [0.1, 0.15) is 30.7 Å². The van der Waals surface area contributed by atoms with Gasteiger partial charge < -0.3 is 20.3 Å². The minimum absolute atomic E-state index is 0.172. The lowest BCUT2D eigenvalue weighted by atomic mass is 10.1. The Labute approximate surface area is 118 Å². The van der Waals surface area contributed by atoms with Crippen molar-refractivity contribution in [2.75, 3.05) is 13.7 Å². The molecule has 2 rings (SSSR count). The molecule has 20 heavy (non-hydrogen) atoms. The van der Waals surface area contributed by atoms with Crippen molar-refractivity contribution in [2.24, 2.45) is 0 Å². The molecule has 0 saturated heterocycles. The first-order chi connectivity index (χ1) is 9.70. The number of hydrogen-bond donors (Lipinski definition) is 3. The fourth-order valence-corrected chi connectivity index (χ4v) is 2.14. The van der Waals surface area contributed by atoms with Crippen molar-refractivity contribution in [1.29, 1.82) is 0 Å². The molecule has 0 aliphatic rings. The molecule has 0 aliphatic heterocycles. The number of para-hydroxylation sites is 1. The van der Waals surface area contributed by atoms with Gasteiger partial charge in [-0.1, -0.05) is 24.3 Å². The van der Waals surface area contributed by atoms with Gasteiger partial charge in [0.05, 0.1) is 7.11 Å². The molecule has 0 heterocycles. The van der Waals surface area contributed by atoms with Crippen molar-refractivity contribution in [3.05, 3.63) is 59.7 Å². The van der Waals surface area contributed by atoms with Gasteiger partial charge >= 0.3 is 0 Å². The van der Waals surface area contributed by atoms with Crippen LogP contribution in [0.15, 0.2) is 48.5 Å². The van der Waals surface area contributed by atoms with Crippen LogP contribution in [0.25, 0.3) is 0 Å². The van der Waals surface area contributed by atoms with Gasteiger partial charge in [0.15, 0.2) is 0 Å². The number of ether oxygens (including phenoxy) is 1. The Morgan fingerprint density at radius 2 is 1.95 bits per heavy atom. The van der Waals surface area contributed by atoms with Gasteiger partial charge in [-0.05, 0) is 29.8 Å². The van der Waals surface area contributed by atoms with Gasteiger partial charge in [0.25, 0.3) is 0 Å². The summed E-state index contributed by atoms with van der Waals surface area (Å²) in [5.41, 5.74) is 1.82. The molecular formula is C16H20NO3+. The van der Waals surface area contributed by atoms with Crippen LogP contribution in [0, 0.1) is 0 Å². The summed E-state index contributed by atoms with van der Waals surface area (Å²) < 4.78 is 5.29. The van der Waals surface area contributed by atoms with E-state index in [1.165, 1.54) is 0 Å². The fraction of sp³-hybridized carbons (Fsp3) is 0.250. The van der Waals surface area contributed by atoms with Crippen LogP contribution < -0.4 is 10.1 Å². The zero-order valence-corrected chi connectivity index (χ0v) is 11.5. The molecule has 0 saturated carbocycles. The molecule has 0 radical (unpaired) electrons. The molecule has 0 bridgehead atoms. The van der Waals surface area contributed by atoms with E-state index in [-0.39, 0.29) is 5.75 Å². The third-order valence-electron chi connectivity index (χ3n) is 3.20. The summed E-state index contributed by atoms with van der Waals surface area (Å²) in [5, 5.41) is 21.5. The zero-order chi connectivity index (χ0) is 14.4. The molecule has 4 heteroatoms. The number of phenolic OH excluding ortho intramolecular Hbond substituents is 1. The van der Waals surface area contributed by atoms with Crippen molar-refractivity contribution in [2.45, 2.75) is 12.6 Å². The van der Waals surface area contributed by atoms with Crippen molar-refractivity contribution in [3.8, 4) is 11.5 Å². The monoisotopic (exact) mass is 274 g/mol. The molecule has 4 nitrogen and oxygen atoms in total. The quantitative estimate of drug-likeness (QED) is 0.741. The molecule has 0 aliphatic carbocycles. The Morgan fingerprint density at radius 3 is 2.70 bits per heavy atom. The maximum absolute atomic E-state index is 10.1. The van der Waals surface area contributed by atoms with E-state index in [4.69, 9.17) is 4.74 Å². The lowest BCUT2D eigenvalue weighted by Crippen LogP contribution is -2.83. The number of methoxy groups -OCH3 is 1. The van der Waals surface area contributed by atoms with E-state index >= 15 is 0 Å². The molecular weight excluding hydrogens is 254 g/mol. The topological polar surface area (TPSA) is 66.3 Å². The maximum Gasteiger partial charge on any atom is 0.128 e. The van der Waals surface area contributed by atoms with Gasteiger partial charge in [-0.3, -0.25) is 0 Å². The third-order valence-corrected chi connectivity index (χ3v) is 3.20. The molecule has 1 atom stereocenters. The second kappa shape index (κ2) is 6.93. The van der Waals surface area contributed by atoms with Crippen LogP contribution in [0.2, 0.25) is 0 Å². The van der Waals surface area contributed by atoms with Crippen LogP contribution in [0.3, 0.4) is 0 Å². The van der Waals surface area contributed by atoms with Crippen molar-refractivity contribution in [3.63, 3.8) is 0 Å². The highest BCUT2D eigenvalue weighted by atomic mass is 16.5. The number of aromatic hydroxyl groups is 1. The van der Waals surface area contributed by atoms with Crippen molar-refractivity contribution in [1.82, 2.24) is 0 Å². The van der Waals surface area contributed by atoms with E-state index in [2.05, 4.69) is 0 Å². The van der Waals surface area contributed by atoms with Crippen LogP contribution in [0.5, 0.6) is 11.5 Å². The number of aliphatic hydroxyl groups excluding tert-OH is 1. The van der Waals surface area contributed by atoms with E-state index in [0.29, 0.717) is 6.54 Å². The number of aliphatic hydroxyl groups is 1. The van der Waals surface area contributed by atoms with E-state index in [1.54, 1.807) is 31.4 Å². The Bertz CT molecular complexity index is 557. The first kappa shape index (κ1) is 14.4. The molecule has 0 spiro atoms. The van der Waals surface area contributed by atoms with E-state index in [1.807, 2.05) is 29.6 Å². The minimum atomic E-state index is -0.600. The lowest BCUT2D eigenvalue weighted by molar-refractivity contribution is -0.677. The van der Waals surface area contributed by atoms with Crippen molar-refractivity contribution < 1.29 is 20.3 Å². The van der Waals surface area contributed by atoms with E-state index < -0.39 is 6.10 Å². The summed E-state index contributed by atoms with van der Waals surface area (Å²) in [7, 11) is 1.65. The van der Waals surface area contributed by atoms with Crippen LogP contribution >= 0.6 is 0 Å². The Balaban J connectivity index is 1.89. The molecule has 4 N–H and O–H groups in total. The number of rotatable bonds is 6. The van der Waals surface area contributed by atoms with E-state index in [0.717, 1.165) is 23.4 Å².